The van der Waals surface area contributed by atoms with Gasteiger partial charge in [-0.25, -0.2) is 0 Å². The minimum Gasteiger partial charge on any atom is -0.298 e. The summed E-state index contributed by atoms with van der Waals surface area (Å²) in [4.78, 5) is 14.8. The number of carbonyl (C=O) groups excluding carboxylic acids is 1. The number of allylic oxidation sites excluding steroid dienone is 3. The molecule has 0 saturated carbocycles. The second-order valence-electron chi connectivity index (χ2n) is 2.90. The SMILES string of the molecule is CCC/C=C(Cl)/C(C=O)=C\N=C(C)SC. The first-order valence-electron chi connectivity index (χ1n) is 4.75. The van der Waals surface area contributed by atoms with E-state index >= 15 is 0 Å². The fourth-order valence-corrected chi connectivity index (χ4v) is 1.11. The van der Waals surface area contributed by atoms with Gasteiger partial charge in [-0.1, -0.05) is 31.0 Å². The molecule has 0 heterocycles. The summed E-state index contributed by atoms with van der Waals surface area (Å²) in [5.74, 6) is 0. The normalized spacial score (nSPS) is 14.3. The molecule has 0 rings (SSSR count). The summed E-state index contributed by atoms with van der Waals surface area (Å²) in [7, 11) is 0. The molecule has 0 aliphatic carbocycles. The third-order valence-electron chi connectivity index (χ3n) is 1.70. The number of hydrogen-bond acceptors (Lipinski definition) is 3. The third-order valence-corrected chi connectivity index (χ3v) is 2.76. The number of thioether (sulfide) groups is 1. The first-order chi connectivity index (χ1) is 7.15. The molecule has 0 aliphatic heterocycles. The molecule has 0 atom stereocenters. The standard InChI is InChI=1S/C11H16ClNOS/c1-4-5-6-11(12)10(8-14)7-13-9(2)15-3/h6-8H,4-5H2,1-3H3/b10-7-,11-6-,13-9?. The first kappa shape index (κ1) is 14.5. The van der Waals surface area contributed by atoms with Crippen molar-refractivity contribution in [2.24, 2.45) is 4.99 Å². The van der Waals surface area contributed by atoms with E-state index in [1.807, 2.05) is 19.3 Å². The van der Waals surface area contributed by atoms with Crippen molar-refractivity contribution in [1.29, 1.82) is 0 Å². The lowest BCUT2D eigenvalue weighted by Crippen LogP contribution is -1.86. The van der Waals surface area contributed by atoms with E-state index in [1.165, 1.54) is 18.0 Å². The van der Waals surface area contributed by atoms with Gasteiger partial charge in [-0.05, 0) is 19.6 Å². The Balaban J connectivity index is 4.68. The summed E-state index contributed by atoms with van der Waals surface area (Å²) >= 11 is 7.47. The van der Waals surface area contributed by atoms with Crippen molar-refractivity contribution in [2.45, 2.75) is 26.7 Å². The summed E-state index contributed by atoms with van der Waals surface area (Å²) in [6.45, 7) is 3.94. The minimum atomic E-state index is 0.429. The van der Waals surface area contributed by atoms with Crippen molar-refractivity contribution in [3.05, 3.63) is 22.9 Å². The highest BCUT2D eigenvalue weighted by Gasteiger charge is 1.99. The van der Waals surface area contributed by atoms with Crippen molar-refractivity contribution in [3.63, 3.8) is 0 Å². The van der Waals surface area contributed by atoms with Gasteiger partial charge in [-0.2, -0.15) is 0 Å². The Kier molecular flexibility index (Phi) is 8.43. The number of hydrogen-bond donors (Lipinski definition) is 0. The Morgan fingerprint density at radius 1 is 1.53 bits per heavy atom. The summed E-state index contributed by atoms with van der Waals surface area (Å²) in [5.41, 5.74) is 0.429. The Bertz CT molecular complexity index is 295. The molecule has 84 valence electrons. The van der Waals surface area contributed by atoms with Gasteiger partial charge in [0.1, 0.15) is 0 Å². The zero-order chi connectivity index (χ0) is 11.7. The van der Waals surface area contributed by atoms with Gasteiger partial charge in [0.2, 0.25) is 0 Å². The number of halogens is 1. The smallest absolute Gasteiger partial charge is 0.153 e. The average molecular weight is 246 g/mol. The van der Waals surface area contributed by atoms with E-state index in [2.05, 4.69) is 11.9 Å². The molecule has 4 heteroatoms. The second kappa shape index (κ2) is 8.74. The zero-order valence-corrected chi connectivity index (χ0v) is 10.9. The quantitative estimate of drug-likeness (QED) is 0.243. The molecule has 15 heavy (non-hydrogen) atoms. The largest absolute Gasteiger partial charge is 0.298 e. The van der Waals surface area contributed by atoms with Crippen LogP contribution in [-0.2, 0) is 4.79 Å². The average Bonchev–Trinajstić information content (AvgIpc) is 2.26. The molecule has 2 nitrogen and oxygen atoms in total. The topological polar surface area (TPSA) is 29.4 Å². The number of aliphatic imine (C=N–C) groups is 1. The molecule has 0 spiro atoms. The van der Waals surface area contributed by atoms with Crippen LogP contribution in [-0.4, -0.2) is 17.6 Å². The lowest BCUT2D eigenvalue weighted by atomic mass is 10.2. The predicted molar refractivity (Wildman–Crippen MR) is 69.6 cm³/mol. The lowest BCUT2D eigenvalue weighted by molar-refractivity contribution is -0.104. The molecule has 0 saturated heterocycles. The van der Waals surface area contributed by atoms with Crippen LogP contribution in [0.15, 0.2) is 27.9 Å². The number of unbranched alkanes of at least 4 members (excludes halogenated alkanes) is 1. The van der Waals surface area contributed by atoms with Crippen LogP contribution < -0.4 is 0 Å². The molecule has 0 bridgehead atoms. The van der Waals surface area contributed by atoms with Crippen LogP contribution >= 0.6 is 23.4 Å². The molecule has 0 unspecified atom stereocenters. The summed E-state index contributed by atoms with van der Waals surface area (Å²) in [6.07, 6.45) is 7.89. The van der Waals surface area contributed by atoms with Crippen LogP contribution in [0, 0.1) is 0 Å². The molecule has 0 fully saturated rings. The van der Waals surface area contributed by atoms with Gasteiger partial charge >= 0.3 is 0 Å². The van der Waals surface area contributed by atoms with E-state index in [0.29, 0.717) is 10.6 Å². The monoisotopic (exact) mass is 245 g/mol. The Hall–Kier alpha value is -0.540. The van der Waals surface area contributed by atoms with E-state index in [1.54, 1.807) is 0 Å². The molecule has 0 N–H and O–H groups in total. The van der Waals surface area contributed by atoms with Crippen LogP contribution in [0.25, 0.3) is 0 Å². The van der Waals surface area contributed by atoms with Gasteiger partial charge in [-0.3, -0.25) is 9.79 Å². The maximum absolute atomic E-state index is 10.7. The first-order valence-corrected chi connectivity index (χ1v) is 6.35. The van der Waals surface area contributed by atoms with Crippen LogP contribution in [0.3, 0.4) is 0 Å². The molecule has 0 radical (unpaired) electrons. The highest BCUT2D eigenvalue weighted by molar-refractivity contribution is 8.13. The van der Waals surface area contributed by atoms with Gasteiger partial charge in [0.15, 0.2) is 6.29 Å². The minimum absolute atomic E-state index is 0.429. The second-order valence-corrected chi connectivity index (χ2v) is 4.30. The number of rotatable bonds is 5. The van der Waals surface area contributed by atoms with Gasteiger partial charge < -0.3 is 0 Å². The molecule has 0 amide bonds. The van der Waals surface area contributed by atoms with Crippen molar-refractivity contribution < 1.29 is 4.79 Å². The number of aldehydes is 1. The zero-order valence-electron chi connectivity index (χ0n) is 9.29. The molecular weight excluding hydrogens is 230 g/mol. The van der Waals surface area contributed by atoms with Gasteiger partial charge in [0, 0.05) is 11.2 Å². The molecular formula is C11H16ClNOS. The van der Waals surface area contributed by atoms with Crippen molar-refractivity contribution >= 4 is 34.7 Å². The highest BCUT2D eigenvalue weighted by atomic mass is 35.5. The Morgan fingerprint density at radius 2 is 2.20 bits per heavy atom. The Morgan fingerprint density at radius 3 is 2.67 bits per heavy atom. The van der Waals surface area contributed by atoms with E-state index in [0.717, 1.165) is 24.2 Å². The van der Waals surface area contributed by atoms with Gasteiger partial charge in [0.25, 0.3) is 0 Å². The van der Waals surface area contributed by atoms with Crippen molar-refractivity contribution in [1.82, 2.24) is 0 Å². The van der Waals surface area contributed by atoms with E-state index in [-0.39, 0.29) is 0 Å². The highest BCUT2D eigenvalue weighted by Crippen LogP contribution is 2.14. The van der Waals surface area contributed by atoms with Crippen LogP contribution in [0.2, 0.25) is 0 Å². The molecule has 0 aliphatic rings. The molecule has 0 aromatic heterocycles. The van der Waals surface area contributed by atoms with Gasteiger partial charge in [0.05, 0.1) is 10.6 Å². The number of carbonyl (C=O) groups is 1. The third kappa shape index (κ3) is 6.52. The maximum atomic E-state index is 10.7. The van der Waals surface area contributed by atoms with Crippen LogP contribution in [0.1, 0.15) is 26.7 Å². The molecule has 0 aromatic rings. The summed E-state index contributed by atoms with van der Waals surface area (Å²) in [6, 6.07) is 0. The maximum Gasteiger partial charge on any atom is 0.153 e. The molecule has 0 aromatic carbocycles. The van der Waals surface area contributed by atoms with E-state index in [9.17, 15) is 4.79 Å². The van der Waals surface area contributed by atoms with E-state index in [4.69, 9.17) is 11.6 Å². The van der Waals surface area contributed by atoms with Crippen molar-refractivity contribution in [2.75, 3.05) is 6.26 Å². The van der Waals surface area contributed by atoms with Gasteiger partial charge in [-0.15, -0.1) is 11.8 Å². The summed E-state index contributed by atoms with van der Waals surface area (Å²) < 4.78 is 0. The van der Waals surface area contributed by atoms with Crippen LogP contribution in [0.5, 0.6) is 0 Å². The van der Waals surface area contributed by atoms with E-state index < -0.39 is 0 Å². The van der Waals surface area contributed by atoms with Crippen LogP contribution in [0.4, 0.5) is 0 Å². The fraction of sp³-hybridized carbons (Fsp3) is 0.455. The summed E-state index contributed by atoms with van der Waals surface area (Å²) in [5, 5.41) is 1.37. The fourth-order valence-electron chi connectivity index (χ4n) is 0.750. The lowest BCUT2D eigenvalue weighted by Gasteiger charge is -1.96. The Labute approximate surface area is 100 Å². The number of nitrogens with zero attached hydrogens (tertiary/aromatic N) is 1. The van der Waals surface area contributed by atoms with Crippen molar-refractivity contribution in [3.8, 4) is 0 Å². The predicted octanol–water partition coefficient (Wildman–Crippen LogP) is 3.77.